The van der Waals surface area contributed by atoms with Gasteiger partial charge in [0.25, 0.3) is 0 Å². The van der Waals surface area contributed by atoms with E-state index in [1.54, 1.807) is 30.3 Å². The normalized spacial score (nSPS) is 26.5. The molecule has 0 aromatic heterocycles. The van der Waals surface area contributed by atoms with Crippen molar-refractivity contribution in [3.63, 3.8) is 0 Å². The van der Waals surface area contributed by atoms with Crippen LogP contribution >= 0.6 is 11.8 Å². The summed E-state index contributed by atoms with van der Waals surface area (Å²) in [4.78, 5) is 58.9. The standard InChI is InChI=1S/C20H23NO11S/c1-11(22)28-10-16-17(29-12(2)23)18(30-13(3)24)19(31-14(4)25)20(32-16,21(26)27)33-15-8-6-5-7-9-15/h5-9,16-19H,10H2,1-4H3/t16-,17+,18+,19-,20-/m1/s1. The van der Waals surface area contributed by atoms with Crippen LogP contribution in [0.4, 0.5) is 0 Å². The number of ether oxygens (including phenoxy) is 5. The van der Waals surface area contributed by atoms with E-state index in [1.165, 1.54) is 0 Å². The quantitative estimate of drug-likeness (QED) is 0.172. The highest BCUT2D eigenvalue weighted by Gasteiger charge is 2.68. The molecule has 0 N–H and O–H groups in total. The van der Waals surface area contributed by atoms with E-state index >= 15 is 0 Å². The SMILES string of the molecule is CC(=O)OC[C@H]1O[C@](Sc2ccccc2)([N+](=O)[O-])[C@H](OC(C)=O)[C@@H](OC(C)=O)[C@H]1OC(C)=O. The molecular weight excluding hydrogens is 462 g/mol. The summed E-state index contributed by atoms with van der Waals surface area (Å²) < 4.78 is 26.5. The van der Waals surface area contributed by atoms with Gasteiger partial charge in [0.2, 0.25) is 6.10 Å². The van der Waals surface area contributed by atoms with Crippen LogP contribution in [0.2, 0.25) is 0 Å². The van der Waals surface area contributed by atoms with Crippen LogP contribution < -0.4 is 0 Å². The first-order valence-electron chi connectivity index (χ1n) is 9.67. The van der Waals surface area contributed by atoms with Crippen molar-refractivity contribution in [1.82, 2.24) is 0 Å². The highest BCUT2D eigenvalue weighted by molar-refractivity contribution is 8.00. The molecule has 5 atom stereocenters. The molecule has 0 saturated carbocycles. The van der Waals surface area contributed by atoms with Gasteiger partial charge in [-0.25, -0.2) is 0 Å². The molecule has 13 heteroatoms. The van der Waals surface area contributed by atoms with Gasteiger partial charge in [0.1, 0.15) is 12.7 Å². The van der Waals surface area contributed by atoms with E-state index in [9.17, 15) is 29.3 Å². The van der Waals surface area contributed by atoms with Crippen molar-refractivity contribution >= 4 is 35.6 Å². The molecule has 180 valence electrons. The molecule has 1 aliphatic rings. The van der Waals surface area contributed by atoms with Gasteiger partial charge in [-0.05, 0) is 23.9 Å². The van der Waals surface area contributed by atoms with E-state index in [0.717, 1.165) is 27.7 Å². The van der Waals surface area contributed by atoms with Crippen LogP contribution in [0.3, 0.4) is 0 Å². The maximum atomic E-state index is 12.4. The van der Waals surface area contributed by atoms with Crippen LogP contribution in [0, 0.1) is 10.1 Å². The number of esters is 4. The minimum Gasteiger partial charge on any atom is -0.463 e. The molecule has 1 aliphatic heterocycles. The number of thioether (sulfide) groups is 1. The third kappa shape index (κ3) is 6.65. The van der Waals surface area contributed by atoms with Gasteiger partial charge in [0, 0.05) is 32.6 Å². The summed E-state index contributed by atoms with van der Waals surface area (Å²) in [6.45, 7) is 3.64. The Hall–Kier alpha value is -3.19. The molecular formula is C20H23NO11S. The average Bonchev–Trinajstić information content (AvgIpc) is 2.70. The number of carbonyl (C=O) groups excluding carboxylic acids is 4. The maximum Gasteiger partial charge on any atom is 0.419 e. The maximum absolute atomic E-state index is 12.4. The highest BCUT2D eigenvalue weighted by Crippen LogP contribution is 2.46. The predicted octanol–water partition coefficient (Wildman–Crippen LogP) is 1.47. The van der Waals surface area contributed by atoms with Crippen molar-refractivity contribution in [1.29, 1.82) is 0 Å². The summed E-state index contributed by atoms with van der Waals surface area (Å²) in [5.74, 6) is -3.38. The molecule has 33 heavy (non-hydrogen) atoms. The Bertz CT molecular complexity index is 909. The Morgan fingerprint density at radius 1 is 0.939 bits per heavy atom. The molecule has 2 rings (SSSR count). The lowest BCUT2D eigenvalue weighted by atomic mass is 9.97. The first-order chi connectivity index (χ1) is 15.5. The van der Waals surface area contributed by atoms with Crippen molar-refractivity contribution in [2.45, 2.75) is 62.1 Å². The van der Waals surface area contributed by atoms with Gasteiger partial charge in [-0.15, -0.1) is 0 Å². The van der Waals surface area contributed by atoms with Crippen LogP contribution in [0.5, 0.6) is 0 Å². The van der Waals surface area contributed by atoms with Gasteiger partial charge in [0.15, 0.2) is 12.2 Å². The second kappa shape index (κ2) is 11.1. The number of nitro groups is 1. The summed E-state index contributed by atoms with van der Waals surface area (Å²) in [6.07, 6.45) is -6.40. The van der Waals surface area contributed by atoms with E-state index in [2.05, 4.69) is 0 Å². The molecule has 0 radical (unpaired) electrons. The largest absolute Gasteiger partial charge is 0.463 e. The Morgan fingerprint density at radius 2 is 1.48 bits per heavy atom. The van der Waals surface area contributed by atoms with Crippen LogP contribution in [0.1, 0.15) is 27.7 Å². The van der Waals surface area contributed by atoms with Crippen molar-refractivity contribution < 1.29 is 47.8 Å². The molecule has 1 aromatic rings. The summed E-state index contributed by atoms with van der Waals surface area (Å²) in [6, 6.07) is 8.06. The van der Waals surface area contributed by atoms with E-state index < -0.39 is 64.9 Å². The molecule has 0 amide bonds. The number of hydrogen-bond acceptors (Lipinski definition) is 12. The third-order valence-electron chi connectivity index (χ3n) is 4.28. The van der Waals surface area contributed by atoms with E-state index in [0.29, 0.717) is 16.7 Å². The molecule has 1 saturated heterocycles. The van der Waals surface area contributed by atoms with Gasteiger partial charge in [-0.2, -0.15) is 0 Å². The van der Waals surface area contributed by atoms with Gasteiger partial charge in [0.05, 0.1) is 4.92 Å². The zero-order valence-electron chi connectivity index (χ0n) is 18.2. The molecule has 0 spiro atoms. The lowest BCUT2D eigenvalue weighted by Crippen LogP contribution is -2.69. The fourth-order valence-corrected chi connectivity index (χ4v) is 4.35. The second-order valence-electron chi connectivity index (χ2n) is 6.94. The van der Waals surface area contributed by atoms with Crippen LogP contribution in [-0.4, -0.2) is 64.9 Å². The van der Waals surface area contributed by atoms with Crippen LogP contribution in [0.25, 0.3) is 0 Å². The van der Waals surface area contributed by atoms with E-state index in [4.69, 9.17) is 23.7 Å². The molecule has 1 aromatic carbocycles. The number of hydrogen-bond donors (Lipinski definition) is 0. The van der Waals surface area contributed by atoms with Gasteiger partial charge < -0.3 is 18.9 Å². The average molecular weight is 485 g/mol. The van der Waals surface area contributed by atoms with Crippen molar-refractivity contribution in [3.05, 3.63) is 40.4 Å². The first-order valence-corrected chi connectivity index (χ1v) is 10.5. The van der Waals surface area contributed by atoms with Gasteiger partial charge >= 0.3 is 28.9 Å². The highest BCUT2D eigenvalue weighted by atomic mass is 32.2. The zero-order valence-corrected chi connectivity index (χ0v) is 19.1. The minimum atomic E-state index is -2.55. The third-order valence-corrected chi connectivity index (χ3v) is 5.56. The lowest BCUT2D eigenvalue weighted by Gasteiger charge is -2.45. The molecule has 12 nitrogen and oxygen atoms in total. The Morgan fingerprint density at radius 3 is 1.97 bits per heavy atom. The van der Waals surface area contributed by atoms with Crippen molar-refractivity contribution in [2.24, 2.45) is 0 Å². The summed E-state index contributed by atoms with van der Waals surface area (Å²) >= 11 is 0.589. The zero-order chi connectivity index (χ0) is 24.8. The van der Waals surface area contributed by atoms with Gasteiger partial charge in [-0.1, -0.05) is 18.2 Å². The fourth-order valence-electron chi connectivity index (χ4n) is 3.17. The van der Waals surface area contributed by atoms with Crippen molar-refractivity contribution in [3.8, 4) is 0 Å². The molecule has 0 bridgehead atoms. The Balaban J connectivity index is 2.67. The van der Waals surface area contributed by atoms with Crippen LogP contribution in [0.15, 0.2) is 35.2 Å². The predicted molar refractivity (Wildman–Crippen MR) is 110 cm³/mol. The van der Waals surface area contributed by atoms with Crippen molar-refractivity contribution in [2.75, 3.05) is 6.61 Å². The van der Waals surface area contributed by atoms with Crippen LogP contribution in [-0.2, 0) is 42.9 Å². The Labute approximate surface area is 193 Å². The van der Waals surface area contributed by atoms with Gasteiger partial charge in [-0.3, -0.25) is 34.0 Å². The molecule has 1 fully saturated rings. The Kier molecular flexibility index (Phi) is 8.76. The van der Waals surface area contributed by atoms with E-state index in [1.807, 2.05) is 0 Å². The molecule has 0 aliphatic carbocycles. The minimum absolute atomic E-state index is 0.366. The number of rotatable bonds is 8. The smallest absolute Gasteiger partial charge is 0.419 e. The number of benzene rings is 1. The lowest BCUT2D eigenvalue weighted by molar-refractivity contribution is -0.621. The number of carbonyl (C=O) groups is 4. The fraction of sp³-hybridized carbons (Fsp3) is 0.500. The second-order valence-corrected chi connectivity index (χ2v) is 8.20. The van der Waals surface area contributed by atoms with E-state index in [-0.39, 0.29) is 0 Å². The summed E-state index contributed by atoms with van der Waals surface area (Å²) in [5.41, 5.74) is 0. The monoisotopic (exact) mass is 485 g/mol. The summed E-state index contributed by atoms with van der Waals surface area (Å²) in [5, 5.41) is 9.88. The first kappa shape index (κ1) is 26.1. The number of nitrogens with zero attached hydrogens (tertiary/aromatic N) is 1. The molecule has 0 unspecified atom stereocenters. The molecule has 1 heterocycles. The topological polar surface area (TPSA) is 158 Å². The summed E-state index contributed by atoms with van der Waals surface area (Å²) in [7, 11) is 0.